The van der Waals surface area contributed by atoms with E-state index in [-0.39, 0.29) is 11.6 Å². The van der Waals surface area contributed by atoms with Gasteiger partial charge >= 0.3 is 0 Å². The molecule has 1 aromatic heterocycles. The molecule has 5 nitrogen and oxygen atoms in total. The molecular formula is C13H17N3O2. The van der Waals surface area contributed by atoms with Crippen LogP contribution in [0.3, 0.4) is 0 Å². The predicted molar refractivity (Wildman–Crippen MR) is 71.8 cm³/mol. The fraction of sp³-hybridized carbons (Fsp3) is 0.385. The average molecular weight is 247 g/mol. The number of anilines is 1. The van der Waals surface area contributed by atoms with Crippen LogP contribution in [0.4, 0.5) is 5.69 Å². The van der Waals surface area contributed by atoms with Gasteiger partial charge in [-0.15, -0.1) is 0 Å². The van der Waals surface area contributed by atoms with Crippen LogP contribution in [-0.4, -0.2) is 16.6 Å². The van der Waals surface area contributed by atoms with Gasteiger partial charge in [-0.3, -0.25) is 9.78 Å². The number of hydrogen-bond acceptors (Lipinski definition) is 4. The highest BCUT2D eigenvalue weighted by molar-refractivity contribution is 5.81. The third-order valence-corrected chi connectivity index (χ3v) is 2.69. The van der Waals surface area contributed by atoms with Crippen molar-refractivity contribution in [1.82, 2.24) is 9.97 Å². The first-order valence-corrected chi connectivity index (χ1v) is 6.13. The maximum Gasteiger partial charge on any atom is 0.297 e. The normalized spacial score (nSPS) is 10.7. The van der Waals surface area contributed by atoms with Gasteiger partial charge in [0.25, 0.3) is 11.6 Å². The van der Waals surface area contributed by atoms with Crippen molar-refractivity contribution in [3.8, 4) is 6.01 Å². The van der Waals surface area contributed by atoms with E-state index in [0.717, 1.165) is 19.3 Å². The summed E-state index contributed by atoms with van der Waals surface area (Å²) in [7, 11) is 0. The highest BCUT2D eigenvalue weighted by atomic mass is 16.5. The topological polar surface area (TPSA) is 81.0 Å². The van der Waals surface area contributed by atoms with Gasteiger partial charge in [-0.1, -0.05) is 19.8 Å². The maximum atomic E-state index is 11.8. The second-order valence-corrected chi connectivity index (χ2v) is 4.20. The van der Waals surface area contributed by atoms with E-state index in [1.165, 1.54) is 0 Å². The minimum atomic E-state index is -0.224. The van der Waals surface area contributed by atoms with Gasteiger partial charge in [-0.25, -0.2) is 0 Å². The molecule has 1 heterocycles. The summed E-state index contributed by atoms with van der Waals surface area (Å²) in [5.74, 6) is 0. The summed E-state index contributed by atoms with van der Waals surface area (Å²) in [4.78, 5) is 18.7. The summed E-state index contributed by atoms with van der Waals surface area (Å²) in [6.07, 6.45) is 3.19. The Kier molecular flexibility index (Phi) is 3.82. The fourth-order valence-electron chi connectivity index (χ4n) is 1.72. The maximum absolute atomic E-state index is 11.8. The van der Waals surface area contributed by atoms with Crippen LogP contribution in [0.5, 0.6) is 6.01 Å². The third-order valence-electron chi connectivity index (χ3n) is 2.69. The van der Waals surface area contributed by atoms with Gasteiger partial charge in [0.15, 0.2) is 0 Å². The van der Waals surface area contributed by atoms with E-state index in [2.05, 4.69) is 16.9 Å². The molecule has 0 bridgehead atoms. The van der Waals surface area contributed by atoms with Crippen LogP contribution in [0.25, 0.3) is 10.9 Å². The van der Waals surface area contributed by atoms with Crippen LogP contribution < -0.4 is 16.0 Å². The van der Waals surface area contributed by atoms with E-state index in [1.54, 1.807) is 18.2 Å². The summed E-state index contributed by atoms with van der Waals surface area (Å²) in [6.45, 7) is 2.69. The average Bonchev–Trinajstić information content (AvgIpc) is 2.36. The van der Waals surface area contributed by atoms with Crippen LogP contribution in [0, 0.1) is 0 Å². The van der Waals surface area contributed by atoms with Crippen molar-refractivity contribution >= 4 is 16.6 Å². The molecule has 3 N–H and O–H groups in total. The Hall–Kier alpha value is -2.04. The zero-order chi connectivity index (χ0) is 13.0. The predicted octanol–water partition coefficient (Wildman–Crippen LogP) is 2.07. The monoisotopic (exact) mass is 247 g/mol. The molecule has 0 radical (unpaired) electrons. The Morgan fingerprint density at radius 2 is 2.22 bits per heavy atom. The van der Waals surface area contributed by atoms with Gasteiger partial charge in [0.05, 0.1) is 17.5 Å². The van der Waals surface area contributed by atoms with E-state index in [0.29, 0.717) is 23.2 Å². The Balaban J connectivity index is 2.21. The van der Waals surface area contributed by atoms with Crippen molar-refractivity contribution in [1.29, 1.82) is 0 Å². The lowest BCUT2D eigenvalue weighted by Gasteiger charge is -2.05. The number of aromatic amines is 1. The van der Waals surface area contributed by atoms with Gasteiger partial charge in [0, 0.05) is 5.69 Å². The largest absolute Gasteiger partial charge is 0.465 e. The molecular weight excluding hydrogens is 230 g/mol. The molecule has 96 valence electrons. The summed E-state index contributed by atoms with van der Waals surface area (Å²) in [5, 5.41) is 0.482. The van der Waals surface area contributed by atoms with Crippen LogP contribution in [-0.2, 0) is 0 Å². The minimum Gasteiger partial charge on any atom is -0.465 e. The number of nitrogens with two attached hydrogens (primary N) is 1. The summed E-state index contributed by atoms with van der Waals surface area (Å²) >= 11 is 0. The minimum absolute atomic E-state index is 0.224. The van der Waals surface area contributed by atoms with E-state index in [4.69, 9.17) is 10.5 Å². The number of ether oxygens (including phenoxy) is 1. The van der Waals surface area contributed by atoms with Crippen molar-refractivity contribution in [3.63, 3.8) is 0 Å². The molecule has 0 amide bonds. The first-order valence-electron chi connectivity index (χ1n) is 6.13. The molecule has 2 aromatic rings. The second-order valence-electron chi connectivity index (χ2n) is 4.20. The molecule has 5 heteroatoms. The number of H-pyrrole nitrogens is 1. The molecule has 0 fully saturated rings. The van der Waals surface area contributed by atoms with Gasteiger partial charge in [0.1, 0.15) is 0 Å². The first-order chi connectivity index (χ1) is 8.70. The van der Waals surface area contributed by atoms with Crippen LogP contribution in [0.15, 0.2) is 23.0 Å². The van der Waals surface area contributed by atoms with Crippen molar-refractivity contribution in [2.45, 2.75) is 26.2 Å². The standard InChI is InChI=1S/C13H17N3O2/c1-2-3-4-7-18-13-15-11-6-5-9(14)8-10(11)12(17)16-13/h5-6,8H,2-4,7,14H2,1H3,(H,15,16,17). The second kappa shape index (κ2) is 5.53. The highest BCUT2D eigenvalue weighted by Gasteiger charge is 2.04. The van der Waals surface area contributed by atoms with Crippen LogP contribution in [0.1, 0.15) is 26.2 Å². The molecule has 0 aliphatic heterocycles. The van der Waals surface area contributed by atoms with Gasteiger partial charge in [-0.2, -0.15) is 4.98 Å². The Labute approximate surface area is 105 Å². The number of aromatic nitrogens is 2. The molecule has 18 heavy (non-hydrogen) atoms. The molecule has 0 aliphatic rings. The van der Waals surface area contributed by atoms with E-state index in [1.807, 2.05) is 0 Å². The number of fused-ring (bicyclic) bond motifs is 1. The van der Waals surface area contributed by atoms with E-state index < -0.39 is 0 Å². The van der Waals surface area contributed by atoms with Crippen molar-refractivity contribution in [2.24, 2.45) is 0 Å². The molecule has 0 saturated heterocycles. The van der Waals surface area contributed by atoms with Crippen molar-refractivity contribution < 1.29 is 4.74 Å². The number of unbranched alkanes of at least 4 members (excludes halogenated alkanes) is 2. The number of nitrogens with one attached hydrogen (secondary N) is 1. The number of benzene rings is 1. The van der Waals surface area contributed by atoms with Gasteiger partial charge in [-0.05, 0) is 24.6 Å². The van der Waals surface area contributed by atoms with Crippen molar-refractivity contribution in [2.75, 3.05) is 12.3 Å². The smallest absolute Gasteiger partial charge is 0.297 e. The van der Waals surface area contributed by atoms with Crippen molar-refractivity contribution in [3.05, 3.63) is 28.6 Å². The highest BCUT2D eigenvalue weighted by Crippen LogP contribution is 2.13. The lowest BCUT2D eigenvalue weighted by molar-refractivity contribution is 0.283. The van der Waals surface area contributed by atoms with E-state index in [9.17, 15) is 4.79 Å². The molecule has 0 unspecified atom stereocenters. The lowest BCUT2D eigenvalue weighted by atomic mass is 10.2. The summed E-state index contributed by atoms with van der Waals surface area (Å²) in [5.41, 5.74) is 6.55. The van der Waals surface area contributed by atoms with Crippen LogP contribution >= 0.6 is 0 Å². The number of nitrogens with zero attached hydrogens (tertiary/aromatic N) is 1. The quantitative estimate of drug-likeness (QED) is 0.626. The third kappa shape index (κ3) is 2.80. The number of rotatable bonds is 5. The molecule has 1 aromatic carbocycles. The molecule has 0 aliphatic carbocycles. The van der Waals surface area contributed by atoms with Crippen LogP contribution in [0.2, 0.25) is 0 Å². The number of nitrogen functional groups attached to an aromatic ring is 1. The molecule has 0 spiro atoms. The molecule has 0 saturated carbocycles. The summed E-state index contributed by atoms with van der Waals surface area (Å²) in [6, 6.07) is 5.32. The van der Waals surface area contributed by atoms with Gasteiger partial charge in [0.2, 0.25) is 0 Å². The summed E-state index contributed by atoms with van der Waals surface area (Å²) < 4.78 is 5.43. The SMILES string of the molecule is CCCCCOc1nc2ccc(N)cc2c(=O)[nH]1. The zero-order valence-electron chi connectivity index (χ0n) is 10.4. The first kappa shape index (κ1) is 12.4. The number of hydrogen-bond donors (Lipinski definition) is 2. The Bertz CT molecular complexity index is 592. The lowest BCUT2D eigenvalue weighted by Crippen LogP contribution is -2.12. The Morgan fingerprint density at radius 1 is 1.39 bits per heavy atom. The molecule has 2 rings (SSSR count). The van der Waals surface area contributed by atoms with E-state index >= 15 is 0 Å². The van der Waals surface area contributed by atoms with Gasteiger partial charge < -0.3 is 10.5 Å². The molecule has 0 atom stereocenters. The Morgan fingerprint density at radius 3 is 3.00 bits per heavy atom. The fourth-order valence-corrected chi connectivity index (χ4v) is 1.72. The zero-order valence-corrected chi connectivity index (χ0v) is 10.4.